The molecule has 1 unspecified atom stereocenters. The molecule has 0 saturated carbocycles. The van der Waals surface area contributed by atoms with E-state index in [0.717, 1.165) is 0 Å². The molecule has 2 amide bonds. The standard InChI is InChI=1S/C12H15N3O3/c1-2-18-10-6-4-3-5-8(10)13-12(17)9-7-11(16)15-14-9/h3-6,9,14H,2,7H2,1H3,(H,13,17)(H,15,16). The van der Waals surface area contributed by atoms with Gasteiger partial charge < -0.3 is 10.1 Å². The highest BCUT2D eigenvalue weighted by Crippen LogP contribution is 2.23. The number of carbonyl (C=O) groups is 2. The lowest BCUT2D eigenvalue weighted by molar-refractivity contribution is -0.121. The van der Waals surface area contributed by atoms with Crippen LogP contribution < -0.4 is 20.9 Å². The highest BCUT2D eigenvalue weighted by Gasteiger charge is 2.27. The summed E-state index contributed by atoms with van der Waals surface area (Å²) in [6.07, 6.45) is 0.142. The van der Waals surface area contributed by atoms with E-state index in [1.54, 1.807) is 12.1 Å². The first-order valence-electron chi connectivity index (χ1n) is 5.77. The van der Waals surface area contributed by atoms with Crippen molar-refractivity contribution >= 4 is 17.5 Å². The molecule has 1 aromatic carbocycles. The highest BCUT2D eigenvalue weighted by molar-refractivity contribution is 5.99. The zero-order chi connectivity index (χ0) is 13.0. The number of rotatable bonds is 4. The lowest BCUT2D eigenvalue weighted by Crippen LogP contribution is -2.39. The number of amides is 2. The molecule has 96 valence electrons. The molecule has 1 atom stereocenters. The molecule has 2 rings (SSSR count). The van der Waals surface area contributed by atoms with Crippen LogP contribution in [0, 0.1) is 0 Å². The van der Waals surface area contributed by atoms with E-state index in [2.05, 4.69) is 16.2 Å². The minimum atomic E-state index is -0.549. The first-order chi connectivity index (χ1) is 8.70. The predicted molar refractivity (Wildman–Crippen MR) is 65.9 cm³/mol. The first-order valence-corrected chi connectivity index (χ1v) is 5.77. The third kappa shape index (κ3) is 2.78. The van der Waals surface area contributed by atoms with Crippen LogP contribution in [0.4, 0.5) is 5.69 Å². The summed E-state index contributed by atoms with van der Waals surface area (Å²) in [5, 5.41) is 2.74. The largest absolute Gasteiger partial charge is 0.492 e. The van der Waals surface area contributed by atoms with E-state index in [9.17, 15) is 9.59 Å². The smallest absolute Gasteiger partial charge is 0.243 e. The molecule has 18 heavy (non-hydrogen) atoms. The maximum atomic E-state index is 11.9. The Morgan fingerprint density at radius 2 is 2.28 bits per heavy atom. The van der Waals surface area contributed by atoms with Crippen LogP contribution in [-0.2, 0) is 9.59 Å². The summed E-state index contributed by atoms with van der Waals surface area (Å²) >= 11 is 0. The highest BCUT2D eigenvalue weighted by atomic mass is 16.5. The summed E-state index contributed by atoms with van der Waals surface area (Å²) in [7, 11) is 0. The Kier molecular flexibility index (Phi) is 3.78. The molecular weight excluding hydrogens is 234 g/mol. The van der Waals surface area contributed by atoms with Gasteiger partial charge in [-0.05, 0) is 19.1 Å². The van der Waals surface area contributed by atoms with E-state index in [1.165, 1.54) is 0 Å². The van der Waals surface area contributed by atoms with E-state index in [1.807, 2.05) is 19.1 Å². The summed E-state index contributed by atoms with van der Waals surface area (Å²) < 4.78 is 5.40. The number of benzene rings is 1. The fraction of sp³-hybridized carbons (Fsp3) is 0.333. The molecule has 1 fully saturated rings. The number of hydrogen-bond donors (Lipinski definition) is 3. The van der Waals surface area contributed by atoms with Gasteiger partial charge in [-0.2, -0.15) is 0 Å². The second-order valence-corrected chi connectivity index (χ2v) is 3.87. The SMILES string of the molecule is CCOc1ccccc1NC(=O)C1CC(=O)NN1. The third-order valence-corrected chi connectivity index (χ3v) is 2.54. The topological polar surface area (TPSA) is 79.5 Å². The lowest BCUT2D eigenvalue weighted by Gasteiger charge is -2.13. The summed E-state index contributed by atoms with van der Waals surface area (Å²) in [6, 6.07) is 6.63. The Morgan fingerprint density at radius 1 is 1.50 bits per heavy atom. The van der Waals surface area contributed by atoms with Gasteiger partial charge in [0.05, 0.1) is 18.7 Å². The number of ether oxygens (including phenoxy) is 1. The summed E-state index contributed by atoms with van der Waals surface area (Å²) in [5.74, 6) is 0.166. The van der Waals surface area contributed by atoms with Gasteiger partial charge in [-0.3, -0.25) is 15.0 Å². The molecule has 6 heteroatoms. The van der Waals surface area contributed by atoms with Crippen LogP contribution in [0.3, 0.4) is 0 Å². The van der Waals surface area contributed by atoms with Crippen LogP contribution in [0.5, 0.6) is 5.75 Å². The molecule has 1 heterocycles. The van der Waals surface area contributed by atoms with Crippen LogP contribution in [0.2, 0.25) is 0 Å². The van der Waals surface area contributed by atoms with Gasteiger partial charge in [0, 0.05) is 0 Å². The van der Waals surface area contributed by atoms with E-state index < -0.39 is 6.04 Å². The second kappa shape index (κ2) is 5.50. The molecule has 0 bridgehead atoms. The van der Waals surface area contributed by atoms with Crippen LogP contribution >= 0.6 is 0 Å². The summed E-state index contributed by atoms with van der Waals surface area (Å²) in [6.45, 7) is 2.40. The Hall–Kier alpha value is -2.08. The van der Waals surface area contributed by atoms with E-state index >= 15 is 0 Å². The van der Waals surface area contributed by atoms with Crippen molar-refractivity contribution in [3.05, 3.63) is 24.3 Å². The Balaban J connectivity index is 2.04. The van der Waals surface area contributed by atoms with Gasteiger partial charge >= 0.3 is 0 Å². The molecule has 1 saturated heterocycles. The van der Waals surface area contributed by atoms with Gasteiger partial charge in [0.2, 0.25) is 11.8 Å². The maximum absolute atomic E-state index is 11.9. The van der Waals surface area contributed by atoms with Crippen LogP contribution in [0.15, 0.2) is 24.3 Å². The Morgan fingerprint density at radius 3 is 2.94 bits per heavy atom. The molecule has 6 nitrogen and oxygen atoms in total. The van der Waals surface area contributed by atoms with Crippen molar-refractivity contribution in [1.29, 1.82) is 0 Å². The number of anilines is 1. The van der Waals surface area contributed by atoms with E-state index in [-0.39, 0.29) is 18.2 Å². The molecule has 1 aliphatic heterocycles. The number of hydrazine groups is 1. The fourth-order valence-electron chi connectivity index (χ4n) is 1.68. The molecule has 3 N–H and O–H groups in total. The van der Waals surface area contributed by atoms with Gasteiger partial charge in [-0.25, -0.2) is 5.43 Å². The van der Waals surface area contributed by atoms with E-state index in [4.69, 9.17) is 4.74 Å². The Labute approximate surface area is 105 Å². The first kappa shape index (κ1) is 12.4. The molecule has 0 spiro atoms. The Bertz CT molecular complexity index is 462. The monoisotopic (exact) mass is 249 g/mol. The van der Waals surface area contributed by atoms with Crippen molar-refractivity contribution in [1.82, 2.24) is 10.9 Å². The quantitative estimate of drug-likeness (QED) is 0.722. The van der Waals surface area contributed by atoms with Gasteiger partial charge in [-0.1, -0.05) is 12.1 Å². The van der Waals surface area contributed by atoms with Crippen LogP contribution in [0.25, 0.3) is 0 Å². The second-order valence-electron chi connectivity index (χ2n) is 3.87. The van der Waals surface area contributed by atoms with Crippen LogP contribution in [-0.4, -0.2) is 24.5 Å². The lowest BCUT2D eigenvalue weighted by atomic mass is 10.2. The summed E-state index contributed by atoms with van der Waals surface area (Å²) in [4.78, 5) is 22.9. The van der Waals surface area contributed by atoms with Crippen molar-refractivity contribution in [2.24, 2.45) is 0 Å². The van der Waals surface area contributed by atoms with E-state index in [0.29, 0.717) is 18.0 Å². The van der Waals surface area contributed by atoms with Crippen molar-refractivity contribution in [3.8, 4) is 5.75 Å². The molecule has 0 aliphatic carbocycles. The average molecular weight is 249 g/mol. The van der Waals surface area contributed by atoms with Crippen molar-refractivity contribution < 1.29 is 14.3 Å². The third-order valence-electron chi connectivity index (χ3n) is 2.54. The average Bonchev–Trinajstić information content (AvgIpc) is 2.79. The number of para-hydroxylation sites is 2. The molecule has 0 aromatic heterocycles. The van der Waals surface area contributed by atoms with Crippen molar-refractivity contribution in [2.75, 3.05) is 11.9 Å². The maximum Gasteiger partial charge on any atom is 0.243 e. The minimum Gasteiger partial charge on any atom is -0.492 e. The molecule has 1 aliphatic rings. The number of nitrogens with one attached hydrogen (secondary N) is 3. The van der Waals surface area contributed by atoms with Gasteiger partial charge in [-0.15, -0.1) is 0 Å². The normalized spacial score (nSPS) is 18.3. The number of hydrogen-bond acceptors (Lipinski definition) is 4. The molecular formula is C12H15N3O3. The zero-order valence-electron chi connectivity index (χ0n) is 10.0. The van der Waals surface area contributed by atoms with Gasteiger partial charge in [0.1, 0.15) is 11.8 Å². The molecule has 0 radical (unpaired) electrons. The minimum absolute atomic E-state index is 0.142. The number of carbonyl (C=O) groups excluding carboxylic acids is 2. The predicted octanol–water partition coefficient (Wildman–Crippen LogP) is 0.417. The van der Waals surface area contributed by atoms with Crippen LogP contribution in [0.1, 0.15) is 13.3 Å². The zero-order valence-corrected chi connectivity index (χ0v) is 10.0. The summed E-state index contributed by atoms with van der Waals surface area (Å²) in [5.41, 5.74) is 5.62. The van der Waals surface area contributed by atoms with Gasteiger partial charge in [0.25, 0.3) is 0 Å². The van der Waals surface area contributed by atoms with Gasteiger partial charge in [0.15, 0.2) is 0 Å². The molecule has 1 aromatic rings. The fourth-order valence-corrected chi connectivity index (χ4v) is 1.68. The van der Waals surface area contributed by atoms with Crippen molar-refractivity contribution in [2.45, 2.75) is 19.4 Å². The van der Waals surface area contributed by atoms with Crippen molar-refractivity contribution in [3.63, 3.8) is 0 Å².